The van der Waals surface area contributed by atoms with Crippen LogP contribution in [0.4, 0.5) is 4.39 Å². The SMILES string of the molecule is Fc1ccc(O[C@H]2CCCN(CC3COCc4ccccc43)C2)cc1. The van der Waals surface area contributed by atoms with Gasteiger partial charge in [0.15, 0.2) is 0 Å². The quantitative estimate of drug-likeness (QED) is 0.839. The Morgan fingerprint density at radius 1 is 1.12 bits per heavy atom. The van der Waals surface area contributed by atoms with Gasteiger partial charge >= 0.3 is 0 Å². The van der Waals surface area contributed by atoms with Crippen LogP contribution in [-0.2, 0) is 11.3 Å². The van der Waals surface area contributed by atoms with Gasteiger partial charge in [-0.3, -0.25) is 4.90 Å². The molecule has 2 atom stereocenters. The summed E-state index contributed by atoms with van der Waals surface area (Å²) in [6.45, 7) is 4.53. The fraction of sp³-hybridized carbons (Fsp3) is 0.429. The molecule has 0 N–H and O–H groups in total. The van der Waals surface area contributed by atoms with E-state index in [9.17, 15) is 4.39 Å². The van der Waals surface area contributed by atoms with E-state index in [2.05, 4.69) is 29.2 Å². The first kappa shape index (κ1) is 16.6. The highest BCUT2D eigenvalue weighted by Crippen LogP contribution is 2.28. The van der Waals surface area contributed by atoms with E-state index in [4.69, 9.17) is 9.47 Å². The summed E-state index contributed by atoms with van der Waals surface area (Å²) in [5.41, 5.74) is 2.74. The molecule has 1 fully saturated rings. The normalized spacial score (nSPS) is 23.9. The molecular weight excluding hydrogens is 317 g/mol. The van der Waals surface area contributed by atoms with Gasteiger partial charge in [0.1, 0.15) is 17.7 Å². The number of ether oxygens (including phenoxy) is 2. The van der Waals surface area contributed by atoms with Crippen molar-refractivity contribution >= 4 is 0 Å². The lowest BCUT2D eigenvalue weighted by Gasteiger charge is -2.36. The van der Waals surface area contributed by atoms with Crippen LogP contribution in [0.5, 0.6) is 5.75 Å². The van der Waals surface area contributed by atoms with Crippen molar-refractivity contribution in [3.05, 3.63) is 65.5 Å². The van der Waals surface area contributed by atoms with E-state index in [1.807, 2.05) is 0 Å². The fourth-order valence-electron chi connectivity index (χ4n) is 3.91. The molecule has 25 heavy (non-hydrogen) atoms. The van der Waals surface area contributed by atoms with E-state index in [0.717, 1.165) is 51.4 Å². The predicted molar refractivity (Wildman–Crippen MR) is 95.3 cm³/mol. The largest absolute Gasteiger partial charge is 0.489 e. The van der Waals surface area contributed by atoms with E-state index in [-0.39, 0.29) is 11.9 Å². The minimum Gasteiger partial charge on any atom is -0.489 e. The third-order valence-corrected chi connectivity index (χ3v) is 5.13. The van der Waals surface area contributed by atoms with Crippen molar-refractivity contribution in [2.45, 2.75) is 31.5 Å². The highest BCUT2D eigenvalue weighted by atomic mass is 19.1. The highest BCUT2D eigenvalue weighted by molar-refractivity contribution is 5.31. The van der Waals surface area contributed by atoms with E-state index in [0.29, 0.717) is 5.92 Å². The van der Waals surface area contributed by atoms with Gasteiger partial charge in [0.05, 0.1) is 13.2 Å². The van der Waals surface area contributed by atoms with Crippen LogP contribution >= 0.6 is 0 Å². The maximum atomic E-state index is 13.0. The van der Waals surface area contributed by atoms with Crippen molar-refractivity contribution in [2.75, 3.05) is 26.2 Å². The summed E-state index contributed by atoms with van der Waals surface area (Å²) in [7, 11) is 0. The summed E-state index contributed by atoms with van der Waals surface area (Å²) in [5, 5.41) is 0. The maximum Gasteiger partial charge on any atom is 0.123 e. The van der Waals surface area contributed by atoms with Gasteiger partial charge in [-0.25, -0.2) is 4.39 Å². The second kappa shape index (κ2) is 7.54. The predicted octanol–water partition coefficient (Wildman–Crippen LogP) is 3.98. The van der Waals surface area contributed by atoms with Gasteiger partial charge in [0.25, 0.3) is 0 Å². The molecule has 2 aromatic carbocycles. The molecule has 4 rings (SSSR count). The second-order valence-electron chi connectivity index (χ2n) is 7.01. The molecule has 0 spiro atoms. The van der Waals surface area contributed by atoms with E-state index in [1.54, 1.807) is 12.1 Å². The zero-order chi connectivity index (χ0) is 17.1. The zero-order valence-electron chi connectivity index (χ0n) is 14.4. The Hall–Kier alpha value is -1.91. The number of hydrogen-bond acceptors (Lipinski definition) is 3. The van der Waals surface area contributed by atoms with Crippen molar-refractivity contribution in [1.29, 1.82) is 0 Å². The Kier molecular flexibility index (Phi) is 4.99. The third-order valence-electron chi connectivity index (χ3n) is 5.13. The number of rotatable bonds is 4. The van der Waals surface area contributed by atoms with Crippen molar-refractivity contribution < 1.29 is 13.9 Å². The zero-order valence-corrected chi connectivity index (χ0v) is 14.4. The maximum absolute atomic E-state index is 13.0. The standard InChI is InChI=1S/C21H24FNO2/c22-18-7-9-19(10-8-18)25-20-5-3-11-23(13-20)12-17-15-24-14-16-4-1-2-6-21(16)17/h1-2,4,6-10,17,20H,3,5,11-15H2/t17?,20-/m0/s1. The second-order valence-corrected chi connectivity index (χ2v) is 7.01. The monoisotopic (exact) mass is 341 g/mol. The Balaban J connectivity index is 1.38. The summed E-state index contributed by atoms with van der Waals surface area (Å²) in [5.74, 6) is 0.947. The van der Waals surface area contributed by atoms with E-state index in [1.165, 1.54) is 23.3 Å². The van der Waals surface area contributed by atoms with Gasteiger partial charge in [-0.2, -0.15) is 0 Å². The number of likely N-dealkylation sites (tertiary alicyclic amines) is 1. The molecule has 0 amide bonds. The fourth-order valence-corrected chi connectivity index (χ4v) is 3.91. The Morgan fingerprint density at radius 3 is 2.84 bits per heavy atom. The smallest absolute Gasteiger partial charge is 0.123 e. The van der Waals surface area contributed by atoms with Gasteiger partial charge < -0.3 is 9.47 Å². The molecule has 0 aromatic heterocycles. The lowest BCUT2D eigenvalue weighted by molar-refractivity contribution is 0.0527. The number of nitrogens with zero attached hydrogens (tertiary/aromatic N) is 1. The topological polar surface area (TPSA) is 21.7 Å². The molecule has 1 unspecified atom stereocenters. The molecule has 0 radical (unpaired) electrons. The van der Waals surface area contributed by atoms with Gasteiger partial charge in [0.2, 0.25) is 0 Å². The summed E-state index contributed by atoms with van der Waals surface area (Å²) in [4.78, 5) is 2.48. The first-order valence-electron chi connectivity index (χ1n) is 9.08. The Morgan fingerprint density at radius 2 is 1.96 bits per heavy atom. The molecule has 0 saturated carbocycles. The van der Waals surface area contributed by atoms with Crippen LogP contribution in [0.15, 0.2) is 48.5 Å². The van der Waals surface area contributed by atoms with E-state index < -0.39 is 0 Å². The van der Waals surface area contributed by atoms with Crippen LogP contribution in [0.2, 0.25) is 0 Å². The van der Waals surface area contributed by atoms with Crippen molar-refractivity contribution in [2.24, 2.45) is 0 Å². The van der Waals surface area contributed by atoms with Crippen molar-refractivity contribution in [3.63, 3.8) is 0 Å². The Labute approximate surface area is 148 Å². The molecule has 132 valence electrons. The van der Waals surface area contributed by atoms with Crippen LogP contribution in [0.1, 0.15) is 29.9 Å². The van der Waals surface area contributed by atoms with Gasteiger partial charge in [0, 0.05) is 19.0 Å². The number of piperidine rings is 1. The van der Waals surface area contributed by atoms with Crippen molar-refractivity contribution in [1.82, 2.24) is 4.90 Å². The van der Waals surface area contributed by atoms with Gasteiger partial charge in [-0.05, 0) is 54.8 Å². The average Bonchev–Trinajstić information content (AvgIpc) is 2.64. The van der Waals surface area contributed by atoms with Crippen LogP contribution in [0, 0.1) is 5.82 Å². The van der Waals surface area contributed by atoms with E-state index >= 15 is 0 Å². The van der Waals surface area contributed by atoms with Crippen LogP contribution in [0.3, 0.4) is 0 Å². The van der Waals surface area contributed by atoms with Crippen LogP contribution in [-0.4, -0.2) is 37.2 Å². The number of halogens is 1. The molecule has 4 heteroatoms. The first-order valence-corrected chi connectivity index (χ1v) is 9.08. The molecule has 2 aliphatic heterocycles. The minimum atomic E-state index is -0.228. The lowest BCUT2D eigenvalue weighted by atomic mass is 9.92. The molecule has 0 aliphatic carbocycles. The summed E-state index contributed by atoms with van der Waals surface area (Å²) >= 11 is 0. The average molecular weight is 341 g/mol. The van der Waals surface area contributed by atoms with Gasteiger partial charge in [-0.15, -0.1) is 0 Å². The molecule has 2 aromatic rings. The minimum absolute atomic E-state index is 0.166. The summed E-state index contributed by atoms with van der Waals surface area (Å²) in [6.07, 6.45) is 2.34. The lowest BCUT2D eigenvalue weighted by Crippen LogP contribution is -2.43. The Bertz CT molecular complexity index is 703. The summed E-state index contributed by atoms with van der Waals surface area (Å²) in [6, 6.07) is 14.9. The summed E-state index contributed by atoms with van der Waals surface area (Å²) < 4.78 is 24.9. The highest BCUT2D eigenvalue weighted by Gasteiger charge is 2.27. The van der Waals surface area contributed by atoms with Crippen LogP contribution in [0.25, 0.3) is 0 Å². The third kappa shape index (κ3) is 4.02. The van der Waals surface area contributed by atoms with Crippen molar-refractivity contribution in [3.8, 4) is 5.75 Å². The molecule has 2 heterocycles. The molecular formula is C21H24FNO2. The number of benzene rings is 2. The number of hydrogen-bond donors (Lipinski definition) is 0. The van der Waals surface area contributed by atoms with Gasteiger partial charge in [-0.1, -0.05) is 24.3 Å². The molecule has 2 aliphatic rings. The molecule has 0 bridgehead atoms. The van der Waals surface area contributed by atoms with Crippen LogP contribution < -0.4 is 4.74 Å². The molecule has 3 nitrogen and oxygen atoms in total. The first-order chi connectivity index (χ1) is 12.3. The molecule has 1 saturated heterocycles. The number of fused-ring (bicyclic) bond motifs is 1.